The highest BCUT2D eigenvalue weighted by Gasteiger charge is 2.60. The van der Waals surface area contributed by atoms with Gasteiger partial charge in [0.05, 0.1) is 0 Å². The van der Waals surface area contributed by atoms with Crippen LogP contribution in [-0.4, -0.2) is 5.78 Å². The van der Waals surface area contributed by atoms with Crippen molar-refractivity contribution >= 4 is 5.78 Å². The van der Waals surface area contributed by atoms with E-state index in [0.717, 1.165) is 48.3 Å². The van der Waals surface area contributed by atoms with Crippen molar-refractivity contribution in [3.63, 3.8) is 0 Å². The van der Waals surface area contributed by atoms with E-state index < -0.39 is 0 Å². The Hall–Kier alpha value is -0.330. The maximum atomic E-state index is 12.1. The maximum absolute atomic E-state index is 12.1. The first-order valence-electron chi connectivity index (χ1n) is 12.8. The molecule has 0 amide bonds. The second kappa shape index (κ2) is 7.73. The standard InChI is InChI=1S/C27H46O/c1-18(2)7-6-8-19(3)23-11-12-24-22-10-9-20-17-21(28)13-15-26(20,4)25(22)14-16-27(23,24)5/h18-20,22-25H,6-17H2,1-5H3/t19-,20-,22+,23+,24+,25+,26-,27+/m0/s1. The Morgan fingerprint density at radius 2 is 1.64 bits per heavy atom. The Labute approximate surface area is 174 Å². The van der Waals surface area contributed by atoms with Gasteiger partial charge in [-0.1, -0.05) is 53.9 Å². The van der Waals surface area contributed by atoms with Gasteiger partial charge in [-0.15, -0.1) is 0 Å². The summed E-state index contributed by atoms with van der Waals surface area (Å²) in [6, 6.07) is 0. The van der Waals surface area contributed by atoms with Crippen LogP contribution in [0.25, 0.3) is 0 Å². The van der Waals surface area contributed by atoms with Gasteiger partial charge < -0.3 is 0 Å². The van der Waals surface area contributed by atoms with Crippen LogP contribution in [0.5, 0.6) is 0 Å². The van der Waals surface area contributed by atoms with Crippen molar-refractivity contribution in [3.05, 3.63) is 0 Å². The number of hydrogen-bond acceptors (Lipinski definition) is 1. The number of hydrogen-bond donors (Lipinski definition) is 0. The Morgan fingerprint density at radius 1 is 0.893 bits per heavy atom. The molecule has 0 aromatic heterocycles. The predicted molar refractivity (Wildman–Crippen MR) is 118 cm³/mol. The molecule has 4 rings (SSSR count). The van der Waals surface area contributed by atoms with Gasteiger partial charge in [0.1, 0.15) is 5.78 Å². The van der Waals surface area contributed by atoms with Gasteiger partial charge in [0.25, 0.3) is 0 Å². The molecule has 4 aliphatic rings. The predicted octanol–water partition coefficient (Wildman–Crippen LogP) is 7.68. The zero-order chi connectivity index (χ0) is 20.1. The first-order valence-corrected chi connectivity index (χ1v) is 12.8. The number of carbonyl (C=O) groups is 1. The minimum Gasteiger partial charge on any atom is -0.300 e. The van der Waals surface area contributed by atoms with Gasteiger partial charge in [-0.3, -0.25) is 4.79 Å². The molecule has 0 heterocycles. The molecular weight excluding hydrogens is 340 g/mol. The summed E-state index contributed by atoms with van der Waals surface area (Å²) in [4.78, 5) is 12.1. The first kappa shape index (κ1) is 20.9. The molecule has 1 heteroatoms. The fourth-order valence-corrected chi connectivity index (χ4v) is 9.07. The molecule has 4 fully saturated rings. The summed E-state index contributed by atoms with van der Waals surface area (Å²) in [5.41, 5.74) is 1.07. The molecule has 0 aromatic rings. The zero-order valence-electron chi connectivity index (χ0n) is 19.4. The SMILES string of the molecule is CC(C)CCC[C@H](C)[C@H]1CC[C@@H]2[C@H]3CC[C@H]4CC(=O)CC[C@]4(C)[C@@H]3CC[C@@]21C. The molecule has 0 spiro atoms. The fourth-order valence-electron chi connectivity index (χ4n) is 9.07. The number of Topliss-reactive ketones (excluding diaryl/α,β-unsaturated/α-hetero) is 1. The van der Waals surface area contributed by atoms with Crippen molar-refractivity contribution in [1.29, 1.82) is 0 Å². The van der Waals surface area contributed by atoms with Crippen LogP contribution in [0.1, 0.15) is 112 Å². The zero-order valence-corrected chi connectivity index (χ0v) is 19.4. The van der Waals surface area contributed by atoms with E-state index in [1.54, 1.807) is 0 Å². The Bertz CT molecular complexity index is 579. The van der Waals surface area contributed by atoms with Crippen LogP contribution in [-0.2, 0) is 4.79 Å². The van der Waals surface area contributed by atoms with Crippen LogP contribution in [0.15, 0.2) is 0 Å². The molecule has 8 atom stereocenters. The van der Waals surface area contributed by atoms with Crippen LogP contribution < -0.4 is 0 Å². The second-order valence-corrected chi connectivity index (χ2v) is 12.4. The lowest BCUT2D eigenvalue weighted by atomic mass is 9.44. The van der Waals surface area contributed by atoms with Crippen LogP contribution >= 0.6 is 0 Å². The van der Waals surface area contributed by atoms with Crippen molar-refractivity contribution in [1.82, 2.24) is 0 Å². The summed E-state index contributed by atoms with van der Waals surface area (Å²) >= 11 is 0. The average Bonchev–Trinajstić information content (AvgIpc) is 2.99. The Kier molecular flexibility index (Phi) is 5.78. The van der Waals surface area contributed by atoms with Crippen LogP contribution in [0.2, 0.25) is 0 Å². The molecule has 0 unspecified atom stereocenters. The van der Waals surface area contributed by atoms with E-state index in [-0.39, 0.29) is 0 Å². The highest BCUT2D eigenvalue weighted by Crippen LogP contribution is 2.68. The van der Waals surface area contributed by atoms with Crippen molar-refractivity contribution in [2.24, 2.45) is 52.3 Å². The van der Waals surface area contributed by atoms with Crippen LogP contribution in [0.3, 0.4) is 0 Å². The van der Waals surface area contributed by atoms with E-state index in [4.69, 9.17) is 0 Å². The Balaban J connectivity index is 1.47. The van der Waals surface area contributed by atoms with Gasteiger partial charge >= 0.3 is 0 Å². The third-order valence-corrected chi connectivity index (χ3v) is 10.7. The normalized spacial score (nSPS) is 46.8. The molecule has 4 saturated carbocycles. The third-order valence-electron chi connectivity index (χ3n) is 10.7. The van der Waals surface area contributed by atoms with Crippen molar-refractivity contribution in [3.8, 4) is 0 Å². The highest BCUT2D eigenvalue weighted by atomic mass is 16.1. The summed E-state index contributed by atoms with van der Waals surface area (Å²) in [6.45, 7) is 12.6. The van der Waals surface area contributed by atoms with E-state index in [1.807, 2.05) is 0 Å². The van der Waals surface area contributed by atoms with Gasteiger partial charge in [0.15, 0.2) is 0 Å². The summed E-state index contributed by atoms with van der Waals surface area (Å²) in [5.74, 6) is 6.82. The highest BCUT2D eigenvalue weighted by molar-refractivity contribution is 5.79. The monoisotopic (exact) mass is 386 g/mol. The summed E-state index contributed by atoms with van der Waals surface area (Å²) in [6.07, 6.45) is 15.9. The minimum atomic E-state index is 0.471. The minimum absolute atomic E-state index is 0.471. The second-order valence-electron chi connectivity index (χ2n) is 12.4. The van der Waals surface area contributed by atoms with Gasteiger partial charge in [-0.25, -0.2) is 0 Å². The molecule has 1 nitrogen and oxygen atoms in total. The van der Waals surface area contributed by atoms with Crippen molar-refractivity contribution in [2.75, 3.05) is 0 Å². The van der Waals surface area contributed by atoms with E-state index >= 15 is 0 Å². The van der Waals surface area contributed by atoms with Crippen molar-refractivity contribution < 1.29 is 4.79 Å². The lowest BCUT2D eigenvalue weighted by Gasteiger charge is -2.60. The van der Waals surface area contributed by atoms with E-state index in [1.165, 1.54) is 64.2 Å². The molecule has 28 heavy (non-hydrogen) atoms. The third kappa shape index (κ3) is 3.41. The summed E-state index contributed by atoms with van der Waals surface area (Å²) in [5, 5.41) is 0. The lowest BCUT2D eigenvalue weighted by molar-refractivity contribution is -0.140. The number of rotatable bonds is 5. The molecule has 0 aromatic carbocycles. The van der Waals surface area contributed by atoms with Gasteiger partial charge in [-0.2, -0.15) is 0 Å². The topological polar surface area (TPSA) is 17.1 Å². The Morgan fingerprint density at radius 3 is 2.39 bits per heavy atom. The average molecular weight is 387 g/mol. The van der Waals surface area contributed by atoms with Gasteiger partial charge in [0.2, 0.25) is 0 Å². The van der Waals surface area contributed by atoms with Crippen LogP contribution in [0, 0.1) is 52.3 Å². The van der Waals surface area contributed by atoms with Gasteiger partial charge in [0, 0.05) is 12.8 Å². The molecule has 4 aliphatic carbocycles. The maximum Gasteiger partial charge on any atom is 0.133 e. The molecule has 0 aliphatic heterocycles. The van der Waals surface area contributed by atoms with Crippen molar-refractivity contribution in [2.45, 2.75) is 112 Å². The number of ketones is 1. The van der Waals surface area contributed by atoms with Gasteiger partial charge in [-0.05, 0) is 97.2 Å². The summed E-state index contributed by atoms with van der Waals surface area (Å²) < 4.78 is 0. The summed E-state index contributed by atoms with van der Waals surface area (Å²) in [7, 11) is 0. The van der Waals surface area contributed by atoms with E-state index in [9.17, 15) is 4.79 Å². The molecule has 160 valence electrons. The number of carbonyl (C=O) groups excluding carboxylic acids is 1. The fraction of sp³-hybridized carbons (Fsp3) is 0.963. The molecule has 0 radical (unpaired) electrons. The largest absolute Gasteiger partial charge is 0.300 e. The van der Waals surface area contributed by atoms with E-state index in [0.29, 0.717) is 22.5 Å². The molecule has 0 bridgehead atoms. The quantitative estimate of drug-likeness (QED) is 0.473. The smallest absolute Gasteiger partial charge is 0.133 e. The molecular formula is C27H46O. The molecule has 0 N–H and O–H groups in total. The number of fused-ring (bicyclic) bond motifs is 5. The van der Waals surface area contributed by atoms with Crippen LogP contribution in [0.4, 0.5) is 0 Å². The first-order chi connectivity index (χ1) is 13.3. The van der Waals surface area contributed by atoms with E-state index in [2.05, 4.69) is 34.6 Å². The lowest BCUT2D eigenvalue weighted by Crippen LogP contribution is -2.53. The molecule has 0 saturated heterocycles.